The van der Waals surface area contributed by atoms with Gasteiger partial charge >= 0.3 is 0 Å². The van der Waals surface area contributed by atoms with Crippen LogP contribution in [0.15, 0.2) is 64.0 Å². The average molecular weight is 351 g/mol. The van der Waals surface area contributed by atoms with Gasteiger partial charge in [-0.15, -0.1) is 0 Å². The van der Waals surface area contributed by atoms with Crippen LogP contribution in [0.2, 0.25) is 0 Å². The molecule has 0 unspecified atom stereocenters. The first kappa shape index (κ1) is 16.8. The Bertz CT molecular complexity index is 967. The zero-order chi connectivity index (χ0) is 18.1. The van der Waals surface area contributed by atoms with E-state index in [1.54, 1.807) is 11.3 Å². The predicted molar refractivity (Wildman–Crippen MR) is 100.0 cm³/mol. The number of hydrogen-bond donors (Lipinski definition) is 0. The van der Waals surface area contributed by atoms with Crippen molar-refractivity contribution in [2.45, 2.75) is 32.6 Å². The molecule has 0 radical (unpaired) electrons. The third-order valence-electron chi connectivity index (χ3n) is 4.61. The molecule has 2 atom stereocenters. The monoisotopic (exact) mass is 351 g/mol. The van der Waals surface area contributed by atoms with Gasteiger partial charge in [-0.3, -0.25) is 4.79 Å². The molecule has 0 bridgehead atoms. The highest BCUT2D eigenvalue weighted by Crippen LogP contribution is 2.37. The van der Waals surface area contributed by atoms with Crippen molar-refractivity contribution in [3.05, 3.63) is 76.1 Å². The Morgan fingerprint density at radius 2 is 2.00 bits per heavy atom. The number of aryl methyl sites for hydroxylation is 1. The van der Waals surface area contributed by atoms with Crippen molar-refractivity contribution in [2.75, 3.05) is 11.7 Å². The Labute approximate surface area is 151 Å². The lowest BCUT2D eigenvalue weighted by Crippen LogP contribution is -2.26. The Balaban J connectivity index is 1.80. The molecule has 3 aromatic rings. The third kappa shape index (κ3) is 3.00. The Morgan fingerprint density at radius 1 is 1.19 bits per heavy atom. The van der Waals surface area contributed by atoms with E-state index >= 15 is 0 Å². The molecule has 0 aliphatic carbocycles. The van der Waals surface area contributed by atoms with Gasteiger partial charge in [-0.25, -0.2) is 9.90 Å². The summed E-state index contributed by atoms with van der Waals surface area (Å²) in [6, 6.07) is 15.1. The highest BCUT2D eigenvalue weighted by atomic mass is 16.8. The molecule has 1 fully saturated rings. The summed E-state index contributed by atoms with van der Waals surface area (Å²) in [5.74, 6) is 0. The van der Waals surface area contributed by atoms with Crippen LogP contribution in [-0.4, -0.2) is 12.9 Å². The lowest BCUT2D eigenvalue weighted by molar-refractivity contribution is -0.115. The fourth-order valence-corrected chi connectivity index (χ4v) is 3.36. The maximum atomic E-state index is 13.1. The molecule has 134 valence electrons. The lowest BCUT2D eigenvalue weighted by atomic mass is 10.0. The first-order valence-corrected chi connectivity index (χ1v) is 8.82. The van der Waals surface area contributed by atoms with Gasteiger partial charge in [-0.1, -0.05) is 29.8 Å². The van der Waals surface area contributed by atoms with Crippen LogP contribution in [0, 0.1) is 6.92 Å². The molecule has 0 spiro atoms. The minimum absolute atomic E-state index is 0.0263. The van der Waals surface area contributed by atoms with Gasteiger partial charge in [0.2, 0.25) is 0 Å². The maximum absolute atomic E-state index is 13.1. The number of ether oxygens (including phenoxy) is 1. The zero-order valence-corrected chi connectivity index (χ0v) is 14.8. The first-order valence-electron chi connectivity index (χ1n) is 8.82. The largest absolute Gasteiger partial charge is 0.464 e. The molecule has 1 saturated heterocycles. The highest BCUT2D eigenvalue weighted by molar-refractivity contribution is 5.77. The normalized spacial score (nSPS) is 20.0. The van der Waals surface area contributed by atoms with Gasteiger partial charge in [0.15, 0.2) is 11.7 Å². The van der Waals surface area contributed by atoms with Crippen LogP contribution in [0.4, 0.5) is 5.69 Å². The molecule has 4 rings (SSSR count). The SMILES string of the molecule is CCO[C@H]1C[C@@H](c2coc3ccc(C)cc3c2=O)N(c2ccccc2)O1. The van der Waals surface area contributed by atoms with Crippen LogP contribution in [0.3, 0.4) is 0 Å². The summed E-state index contributed by atoms with van der Waals surface area (Å²) in [5.41, 5.74) is 3.05. The molecule has 26 heavy (non-hydrogen) atoms. The number of rotatable bonds is 4. The number of anilines is 1. The molecule has 2 heterocycles. The van der Waals surface area contributed by atoms with Gasteiger partial charge in [0.25, 0.3) is 0 Å². The summed E-state index contributed by atoms with van der Waals surface area (Å²) >= 11 is 0. The van der Waals surface area contributed by atoms with Crippen LogP contribution in [-0.2, 0) is 9.57 Å². The van der Waals surface area contributed by atoms with Crippen LogP contribution >= 0.6 is 0 Å². The molecule has 1 aromatic heterocycles. The summed E-state index contributed by atoms with van der Waals surface area (Å²) in [5, 5.41) is 2.35. The second-order valence-corrected chi connectivity index (χ2v) is 6.42. The summed E-state index contributed by atoms with van der Waals surface area (Å²) in [6.07, 6.45) is 1.72. The molecule has 0 saturated carbocycles. The Morgan fingerprint density at radius 3 is 2.77 bits per heavy atom. The number of benzene rings is 2. The van der Waals surface area contributed by atoms with E-state index in [9.17, 15) is 4.79 Å². The van der Waals surface area contributed by atoms with Gasteiger partial charge in [0.1, 0.15) is 11.8 Å². The number of hydroxylamine groups is 1. The third-order valence-corrected chi connectivity index (χ3v) is 4.61. The number of hydrogen-bond acceptors (Lipinski definition) is 5. The molecule has 0 amide bonds. The molecule has 1 aliphatic rings. The highest BCUT2D eigenvalue weighted by Gasteiger charge is 2.37. The van der Waals surface area contributed by atoms with E-state index in [2.05, 4.69) is 0 Å². The summed E-state index contributed by atoms with van der Waals surface area (Å²) in [6.45, 7) is 4.44. The second kappa shape index (κ2) is 6.94. The van der Waals surface area contributed by atoms with E-state index in [0.717, 1.165) is 11.3 Å². The van der Waals surface area contributed by atoms with E-state index < -0.39 is 6.29 Å². The molecule has 1 aliphatic heterocycles. The van der Waals surface area contributed by atoms with Crippen LogP contribution in [0.5, 0.6) is 0 Å². The van der Waals surface area contributed by atoms with E-state index in [-0.39, 0.29) is 11.5 Å². The molecular weight excluding hydrogens is 330 g/mol. The average Bonchev–Trinajstić information content (AvgIpc) is 3.07. The molecule has 5 nitrogen and oxygen atoms in total. The lowest BCUT2D eigenvalue weighted by Gasteiger charge is -2.24. The number of nitrogens with zero attached hydrogens (tertiary/aromatic N) is 1. The molecule has 2 aromatic carbocycles. The van der Waals surface area contributed by atoms with Gasteiger partial charge in [-0.05, 0) is 38.1 Å². The fraction of sp³-hybridized carbons (Fsp3) is 0.286. The Hall–Kier alpha value is -2.63. The van der Waals surface area contributed by atoms with Crippen molar-refractivity contribution in [1.29, 1.82) is 0 Å². The van der Waals surface area contributed by atoms with Crippen molar-refractivity contribution < 1.29 is 14.0 Å². The topological polar surface area (TPSA) is 51.9 Å². The molecule has 0 N–H and O–H groups in total. The van der Waals surface area contributed by atoms with Crippen LogP contribution in [0.25, 0.3) is 11.0 Å². The fourth-order valence-electron chi connectivity index (χ4n) is 3.36. The van der Waals surface area contributed by atoms with Crippen molar-refractivity contribution in [3.8, 4) is 0 Å². The minimum Gasteiger partial charge on any atom is -0.464 e. The number of fused-ring (bicyclic) bond motifs is 1. The predicted octanol–water partition coefficient (Wildman–Crippen LogP) is 4.35. The smallest absolute Gasteiger partial charge is 0.198 e. The summed E-state index contributed by atoms with van der Waals surface area (Å²) in [7, 11) is 0. The maximum Gasteiger partial charge on any atom is 0.198 e. The van der Waals surface area contributed by atoms with Gasteiger partial charge < -0.3 is 9.15 Å². The summed E-state index contributed by atoms with van der Waals surface area (Å²) < 4.78 is 11.4. The van der Waals surface area contributed by atoms with Crippen molar-refractivity contribution in [3.63, 3.8) is 0 Å². The van der Waals surface area contributed by atoms with Gasteiger partial charge in [0.05, 0.1) is 22.7 Å². The van der Waals surface area contributed by atoms with E-state index in [4.69, 9.17) is 14.0 Å². The van der Waals surface area contributed by atoms with Gasteiger partial charge in [0, 0.05) is 13.0 Å². The van der Waals surface area contributed by atoms with Crippen LogP contribution in [0.1, 0.15) is 30.5 Å². The second-order valence-electron chi connectivity index (χ2n) is 6.42. The molecule has 5 heteroatoms. The van der Waals surface area contributed by atoms with Crippen LogP contribution < -0.4 is 10.5 Å². The molecular formula is C21H21NO4. The van der Waals surface area contributed by atoms with E-state index in [1.807, 2.05) is 62.4 Å². The first-order chi connectivity index (χ1) is 12.7. The zero-order valence-electron chi connectivity index (χ0n) is 14.8. The van der Waals surface area contributed by atoms with Gasteiger partial charge in [-0.2, -0.15) is 0 Å². The van der Waals surface area contributed by atoms with Crippen molar-refractivity contribution >= 4 is 16.7 Å². The minimum atomic E-state index is -0.391. The van der Waals surface area contributed by atoms with Crippen molar-refractivity contribution in [1.82, 2.24) is 0 Å². The Kier molecular flexibility index (Phi) is 4.49. The summed E-state index contributed by atoms with van der Waals surface area (Å²) in [4.78, 5) is 19.1. The number of para-hydroxylation sites is 1. The van der Waals surface area contributed by atoms with Crippen molar-refractivity contribution in [2.24, 2.45) is 0 Å². The quantitative estimate of drug-likeness (QED) is 0.699. The standard InChI is InChI=1S/C21H21NO4/c1-3-24-20-12-18(22(26-20)15-7-5-4-6-8-15)17-13-25-19-10-9-14(2)11-16(19)21(17)23/h4-11,13,18,20H,3,12H2,1-2H3/t18-,20+/m0/s1. The van der Waals surface area contributed by atoms with E-state index in [0.29, 0.717) is 29.6 Å². The van der Waals surface area contributed by atoms with E-state index in [1.165, 1.54) is 0 Å².